The molecule has 0 aromatic carbocycles. The molecule has 0 bridgehead atoms. The average molecular weight is 211 g/mol. The average Bonchev–Trinajstić information content (AvgIpc) is 2.51. The van der Waals surface area contributed by atoms with E-state index in [4.69, 9.17) is 10.5 Å². The summed E-state index contributed by atoms with van der Waals surface area (Å²) < 4.78 is 5.79. The van der Waals surface area contributed by atoms with Gasteiger partial charge in [0.1, 0.15) is 0 Å². The molecule has 0 radical (unpaired) electrons. The standard InChI is InChI=1S/C13H25NO/c1-12(2)4-3-5-13(7-6-12)8-9-15-11(13)10-14/h11H,3-10,14H2,1-2H3. The largest absolute Gasteiger partial charge is 0.376 e. The van der Waals surface area contributed by atoms with E-state index in [1.807, 2.05) is 0 Å². The Morgan fingerprint density at radius 1 is 1.13 bits per heavy atom. The first-order valence-corrected chi connectivity index (χ1v) is 6.40. The molecule has 0 aromatic heterocycles. The van der Waals surface area contributed by atoms with Gasteiger partial charge in [0.15, 0.2) is 0 Å². The van der Waals surface area contributed by atoms with Crippen molar-refractivity contribution in [2.45, 2.75) is 58.5 Å². The van der Waals surface area contributed by atoms with Crippen LogP contribution >= 0.6 is 0 Å². The van der Waals surface area contributed by atoms with Crippen molar-refractivity contribution >= 4 is 0 Å². The number of hydrogen-bond donors (Lipinski definition) is 1. The van der Waals surface area contributed by atoms with Crippen LogP contribution in [0.5, 0.6) is 0 Å². The minimum atomic E-state index is 0.339. The molecule has 2 atom stereocenters. The summed E-state index contributed by atoms with van der Waals surface area (Å²) in [4.78, 5) is 0. The van der Waals surface area contributed by atoms with Crippen LogP contribution in [0, 0.1) is 10.8 Å². The van der Waals surface area contributed by atoms with E-state index in [1.165, 1.54) is 38.5 Å². The van der Waals surface area contributed by atoms with E-state index in [0.29, 0.717) is 23.5 Å². The van der Waals surface area contributed by atoms with Gasteiger partial charge in [-0.3, -0.25) is 0 Å². The maximum absolute atomic E-state index is 5.83. The smallest absolute Gasteiger partial charge is 0.0754 e. The second-order valence-corrected chi connectivity index (χ2v) is 6.23. The predicted octanol–water partition coefficient (Wildman–Crippen LogP) is 2.71. The van der Waals surface area contributed by atoms with Gasteiger partial charge in [0.05, 0.1) is 6.10 Å². The van der Waals surface area contributed by atoms with Gasteiger partial charge in [-0.15, -0.1) is 0 Å². The molecule has 2 aliphatic rings. The van der Waals surface area contributed by atoms with Gasteiger partial charge >= 0.3 is 0 Å². The summed E-state index contributed by atoms with van der Waals surface area (Å²) in [5.41, 5.74) is 6.80. The van der Waals surface area contributed by atoms with Gasteiger partial charge in [-0.25, -0.2) is 0 Å². The van der Waals surface area contributed by atoms with Crippen molar-refractivity contribution in [3.05, 3.63) is 0 Å². The Bertz CT molecular complexity index is 227. The number of nitrogens with two attached hydrogens (primary N) is 1. The molecule has 0 amide bonds. The van der Waals surface area contributed by atoms with E-state index in [0.717, 1.165) is 6.61 Å². The van der Waals surface area contributed by atoms with Crippen molar-refractivity contribution < 1.29 is 4.74 Å². The number of ether oxygens (including phenoxy) is 1. The zero-order valence-corrected chi connectivity index (χ0v) is 10.2. The van der Waals surface area contributed by atoms with Crippen LogP contribution < -0.4 is 5.73 Å². The Balaban J connectivity index is 2.08. The lowest BCUT2D eigenvalue weighted by Crippen LogP contribution is -2.36. The van der Waals surface area contributed by atoms with E-state index in [-0.39, 0.29) is 0 Å². The predicted molar refractivity (Wildman–Crippen MR) is 62.7 cm³/mol. The Hall–Kier alpha value is -0.0800. The molecule has 2 rings (SSSR count). The lowest BCUT2D eigenvalue weighted by atomic mass is 9.73. The normalized spacial score (nSPS) is 40.6. The van der Waals surface area contributed by atoms with Crippen molar-refractivity contribution in [2.75, 3.05) is 13.2 Å². The first-order valence-electron chi connectivity index (χ1n) is 6.40. The Morgan fingerprint density at radius 3 is 2.67 bits per heavy atom. The fourth-order valence-corrected chi connectivity index (χ4v) is 3.39. The first kappa shape index (κ1) is 11.4. The van der Waals surface area contributed by atoms with E-state index in [9.17, 15) is 0 Å². The fourth-order valence-electron chi connectivity index (χ4n) is 3.39. The second-order valence-electron chi connectivity index (χ2n) is 6.23. The van der Waals surface area contributed by atoms with E-state index >= 15 is 0 Å². The quantitative estimate of drug-likeness (QED) is 0.724. The van der Waals surface area contributed by atoms with Crippen molar-refractivity contribution in [2.24, 2.45) is 16.6 Å². The molecule has 2 heteroatoms. The summed E-state index contributed by atoms with van der Waals surface area (Å²) in [6.45, 7) is 6.45. The summed E-state index contributed by atoms with van der Waals surface area (Å²) in [5.74, 6) is 0. The third-order valence-corrected chi connectivity index (χ3v) is 4.64. The number of hydrogen-bond acceptors (Lipinski definition) is 2. The third kappa shape index (κ3) is 2.21. The molecule has 1 saturated carbocycles. The van der Waals surface area contributed by atoms with E-state index in [2.05, 4.69) is 13.8 Å². The monoisotopic (exact) mass is 211 g/mol. The van der Waals surface area contributed by atoms with Crippen molar-refractivity contribution in [3.63, 3.8) is 0 Å². The molecule has 1 aliphatic heterocycles. The van der Waals surface area contributed by atoms with Crippen molar-refractivity contribution in [1.29, 1.82) is 0 Å². The van der Waals surface area contributed by atoms with Gasteiger partial charge < -0.3 is 10.5 Å². The summed E-state index contributed by atoms with van der Waals surface area (Å²) in [6.07, 6.45) is 8.29. The van der Waals surface area contributed by atoms with Crippen molar-refractivity contribution in [3.8, 4) is 0 Å². The highest BCUT2D eigenvalue weighted by atomic mass is 16.5. The van der Waals surface area contributed by atoms with Gasteiger partial charge in [-0.05, 0) is 37.5 Å². The highest BCUT2D eigenvalue weighted by Crippen LogP contribution is 2.49. The van der Waals surface area contributed by atoms with Crippen molar-refractivity contribution in [1.82, 2.24) is 0 Å². The molecule has 2 N–H and O–H groups in total. The molecule has 2 fully saturated rings. The van der Waals surface area contributed by atoms with E-state index < -0.39 is 0 Å². The summed E-state index contributed by atoms with van der Waals surface area (Å²) >= 11 is 0. The molecule has 2 unspecified atom stereocenters. The van der Waals surface area contributed by atoms with Crippen LogP contribution in [0.25, 0.3) is 0 Å². The highest BCUT2D eigenvalue weighted by Gasteiger charge is 2.44. The van der Waals surface area contributed by atoms with Crippen LogP contribution in [0.2, 0.25) is 0 Å². The number of rotatable bonds is 1. The van der Waals surface area contributed by atoms with Crippen LogP contribution in [0.15, 0.2) is 0 Å². The molecule has 88 valence electrons. The summed E-state index contributed by atoms with van der Waals surface area (Å²) in [7, 11) is 0. The molecule has 1 spiro atoms. The summed E-state index contributed by atoms with van der Waals surface area (Å²) in [6, 6.07) is 0. The van der Waals surface area contributed by atoms with Gasteiger partial charge in [-0.1, -0.05) is 20.3 Å². The highest BCUT2D eigenvalue weighted by molar-refractivity contribution is 4.95. The Kier molecular flexibility index (Phi) is 3.09. The fraction of sp³-hybridized carbons (Fsp3) is 1.00. The van der Waals surface area contributed by atoms with E-state index in [1.54, 1.807) is 0 Å². The molecule has 2 nitrogen and oxygen atoms in total. The van der Waals surface area contributed by atoms with Crippen LogP contribution in [0.4, 0.5) is 0 Å². The second kappa shape index (κ2) is 4.06. The SMILES string of the molecule is CC1(C)CCCC2(CCOC2CN)CC1. The lowest BCUT2D eigenvalue weighted by Gasteiger charge is -2.33. The molecular formula is C13H25NO. The molecule has 15 heavy (non-hydrogen) atoms. The zero-order valence-electron chi connectivity index (χ0n) is 10.2. The molecule has 1 aliphatic carbocycles. The topological polar surface area (TPSA) is 35.2 Å². The molecular weight excluding hydrogens is 186 g/mol. The van der Waals surface area contributed by atoms with Crippen LogP contribution in [-0.4, -0.2) is 19.3 Å². The van der Waals surface area contributed by atoms with Crippen LogP contribution in [0.1, 0.15) is 52.4 Å². The molecule has 1 saturated heterocycles. The minimum Gasteiger partial charge on any atom is -0.376 e. The van der Waals surface area contributed by atoms with Gasteiger partial charge in [-0.2, -0.15) is 0 Å². The Labute approximate surface area is 93.6 Å². The maximum Gasteiger partial charge on any atom is 0.0754 e. The zero-order chi connectivity index (χ0) is 10.9. The molecule has 0 aromatic rings. The first-order chi connectivity index (χ1) is 7.08. The van der Waals surface area contributed by atoms with Gasteiger partial charge in [0, 0.05) is 18.6 Å². The Morgan fingerprint density at radius 2 is 1.93 bits per heavy atom. The molecule has 1 heterocycles. The summed E-state index contributed by atoms with van der Waals surface area (Å²) in [5, 5.41) is 0. The van der Waals surface area contributed by atoms with Gasteiger partial charge in [0.25, 0.3) is 0 Å². The third-order valence-electron chi connectivity index (χ3n) is 4.64. The van der Waals surface area contributed by atoms with Crippen LogP contribution in [-0.2, 0) is 4.74 Å². The maximum atomic E-state index is 5.83. The minimum absolute atomic E-state index is 0.339. The van der Waals surface area contributed by atoms with Gasteiger partial charge in [0.2, 0.25) is 0 Å². The van der Waals surface area contributed by atoms with Crippen LogP contribution in [0.3, 0.4) is 0 Å². The lowest BCUT2D eigenvalue weighted by molar-refractivity contribution is 0.0457.